The first-order valence-corrected chi connectivity index (χ1v) is 9.96. The number of fused-ring (bicyclic) bond motifs is 1. The van der Waals surface area contributed by atoms with Gasteiger partial charge in [0.25, 0.3) is 0 Å². The van der Waals surface area contributed by atoms with Gasteiger partial charge in [-0.2, -0.15) is 5.48 Å². The molecule has 2 aliphatic heterocycles. The van der Waals surface area contributed by atoms with Gasteiger partial charge in [0.1, 0.15) is 12.4 Å². The quantitative estimate of drug-likeness (QED) is 0.662. The highest BCUT2D eigenvalue weighted by molar-refractivity contribution is 5.79. The van der Waals surface area contributed by atoms with Gasteiger partial charge in [-0.25, -0.2) is 0 Å². The van der Waals surface area contributed by atoms with Crippen LogP contribution in [0.2, 0.25) is 0 Å². The largest absolute Gasteiger partial charge is 0.349 e. The number of aryl methyl sites for hydroxylation is 1. The molecule has 4 N–H and O–H groups in total. The number of benzene rings is 1. The summed E-state index contributed by atoms with van der Waals surface area (Å²) in [6, 6.07) is 6.72. The number of rotatable bonds is 4. The Hall–Kier alpha value is -1.47. The highest BCUT2D eigenvalue weighted by Crippen LogP contribution is 2.34. The van der Waals surface area contributed by atoms with Gasteiger partial charge in [0.2, 0.25) is 5.91 Å². The standard InChI is InChI=1S/C20H30N4O2/c1-3-18-23-19(24-26-18)14-4-6-16-13(10-14)5-7-17(16)22-20(25)15-8-9-21-11-12(15)2/h4,6,10,12,15,17-19,21,23-24H,3,5,7-9,11H2,1-2H3,(H,22,25)/t12?,15?,17-,18?,19?/m1/s1. The summed E-state index contributed by atoms with van der Waals surface area (Å²) >= 11 is 0. The van der Waals surface area contributed by atoms with E-state index in [2.05, 4.69) is 53.5 Å². The summed E-state index contributed by atoms with van der Waals surface area (Å²) in [6.07, 6.45) is 3.96. The summed E-state index contributed by atoms with van der Waals surface area (Å²) in [7, 11) is 0. The third-order valence-electron chi connectivity index (χ3n) is 6.07. The highest BCUT2D eigenvalue weighted by Gasteiger charge is 2.32. The van der Waals surface area contributed by atoms with Crippen LogP contribution in [0.5, 0.6) is 0 Å². The van der Waals surface area contributed by atoms with Crippen molar-refractivity contribution in [2.24, 2.45) is 11.8 Å². The Bertz CT molecular complexity index is 665. The molecule has 4 rings (SSSR count). The van der Waals surface area contributed by atoms with E-state index in [0.717, 1.165) is 38.8 Å². The second-order valence-corrected chi connectivity index (χ2v) is 7.87. The topological polar surface area (TPSA) is 74.4 Å². The first kappa shape index (κ1) is 17.9. The lowest BCUT2D eigenvalue weighted by molar-refractivity contribution is -0.128. The number of piperidine rings is 1. The predicted molar refractivity (Wildman–Crippen MR) is 100.0 cm³/mol. The van der Waals surface area contributed by atoms with Gasteiger partial charge in [-0.15, -0.1) is 0 Å². The van der Waals surface area contributed by atoms with Crippen molar-refractivity contribution in [3.8, 4) is 0 Å². The van der Waals surface area contributed by atoms with Gasteiger partial charge in [0, 0.05) is 5.92 Å². The minimum atomic E-state index is 0.0366. The molecule has 6 heteroatoms. The molecule has 0 bridgehead atoms. The molecule has 4 unspecified atom stereocenters. The second kappa shape index (κ2) is 7.64. The van der Waals surface area contributed by atoms with E-state index in [0.29, 0.717) is 5.92 Å². The van der Waals surface area contributed by atoms with E-state index in [9.17, 15) is 4.79 Å². The molecular formula is C20H30N4O2. The molecule has 1 aromatic carbocycles. The third kappa shape index (κ3) is 3.51. The SMILES string of the molecule is CCC1NC(c2ccc3c(c2)CC[C@H]3NC(=O)C2CCNCC2C)NO1. The molecule has 0 spiro atoms. The van der Waals surface area contributed by atoms with Crippen molar-refractivity contribution in [3.05, 3.63) is 34.9 Å². The van der Waals surface area contributed by atoms with Crippen molar-refractivity contribution in [2.45, 2.75) is 58.0 Å². The summed E-state index contributed by atoms with van der Waals surface area (Å²) in [5.74, 6) is 0.756. The summed E-state index contributed by atoms with van der Waals surface area (Å²) < 4.78 is 0. The molecule has 2 fully saturated rings. The minimum absolute atomic E-state index is 0.0366. The average molecular weight is 358 g/mol. The van der Waals surface area contributed by atoms with Crippen LogP contribution < -0.4 is 21.4 Å². The Balaban J connectivity index is 1.42. The molecule has 1 aliphatic carbocycles. The van der Waals surface area contributed by atoms with Crippen molar-refractivity contribution < 1.29 is 9.63 Å². The number of amides is 1. The maximum atomic E-state index is 12.7. The van der Waals surface area contributed by atoms with Gasteiger partial charge >= 0.3 is 0 Å². The van der Waals surface area contributed by atoms with Gasteiger partial charge in [-0.1, -0.05) is 32.0 Å². The summed E-state index contributed by atoms with van der Waals surface area (Å²) in [4.78, 5) is 18.3. The van der Waals surface area contributed by atoms with Crippen LogP contribution in [-0.4, -0.2) is 25.2 Å². The zero-order chi connectivity index (χ0) is 18.1. The zero-order valence-corrected chi connectivity index (χ0v) is 15.7. The Morgan fingerprint density at radius 3 is 3.00 bits per heavy atom. The molecule has 0 saturated carbocycles. The van der Waals surface area contributed by atoms with Crippen LogP contribution in [0.15, 0.2) is 18.2 Å². The van der Waals surface area contributed by atoms with Gasteiger partial charge in [0.15, 0.2) is 0 Å². The zero-order valence-electron chi connectivity index (χ0n) is 15.7. The number of carbonyl (C=O) groups is 1. The van der Waals surface area contributed by atoms with Crippen molar-refractivity contribution in [1.82, 2.24) is 21.4 Å². The van der Waals surface area contributed by atoms with Crippen LogP contribution in [0, 0.1) is 11.8 Å². The first-order chi connectivity index (χ1) is 12.7. The van der Waals surface area contributed by atoms with Crippen LogP contribution in [0.3, 0.4) is 0 Å². The Morgan fingerprint density at radius 2 is 2.23 bits per heavy atom. The molecule has 1 aromatic rings. The van der Waals surface area contributed by atoms with E-state index >= 15 is 0 Å². The van der Waals surface area contributed by atoms with Crippen LogP contribution in [0.4, 0.5) is 0 Å². The molecule has 6 nitrogen and oxygen atoms in total. The van der Waals surface area contributed by atoms with E-state index in [1.54, 1.807) is 0 Å². The van der Waals surface area contributed by atoms with Crippen LogP contribution >= 0.6 is 0 Å². The fourth-order valence-corrected chi connectivity index (χ4v) is 4.42. The highest BCUT2D eigenvalue weighted by atomic mass is 16.7. The molecule has 26 heavy (non-hydrogen) atoms. The normalized spacial score (nSPS) is 33.8. The number of hydroxylamine groups is 1. The van der Waals surface area contributed by atoms with Gasteiger partial charge in [0.05, 0.1) is 6.04 Å². The molecule has 1 amide bonds. The summed E-state index contributed by atoms with van der Waals surface area (Å²) in [6.45, 7) is 6.14. The van der Waals surface area contributed by atoms with Crippen molar-refractivity contribution in [1.29, 1.82) is 0 Å². The lowest BCUT2D eigenvalue weighted by atomic mass is 9.87. The predicted octanol–water partition coefficient (Wildman–Crippen LogP) is 1.89. The van der Waals surface area contributed by atoms with Crippen LogP contribution in [0.1, 0.15) is 62.0 Å². The van der Waals surface area contributed by atoms with E-state index in [1.165, 1.54) is 16.7 Å². The number of hydrogen-bond acceptors (Lipinski definition) is 5. The Morgan fingerprint density at radius 1 is 1.35 bits per heavy atom. The van der Waals surface area contributed by atoms with Gasteiger partial charge in [-0.05, 0) is 61.4 Å². The number of hydrogen-bond donors (Lipinski definition) is 4. The van der Waals surface area contributed by atoms with Crippen molar-refractivity contribution in [2.75, 3.05) is 13.1 Å². The molecule has 3 aliphatic rings. The summed E-state index contributed by atoms with van der Waals surface area (Å²) in [5.41, 5.74) is 6.88. The molecule has 2 heterocycles. The smallest absolute Gasteiger partial charge is 0.223 e. The van der Waals surface area contributed by atoms with E-state index in [4.69, 9.17) is 4.84 Å². The van der Waals surface area contributed by atoms with Crippen molar-refractivity contribution >= 4 is 5.91 Å². The lowest BCUT2D eigenvalue weighted by Gasteiger charge is -2.29. The molecule has 0 radical (unpaired) electrons. The first-order valence-electron chi connectivity index (χ1n) is 9.96. The molecule has 0 aromatic heterocycles. The summed E-state index contributed by atoms with van der Waals surface area (Å²) in [5, 5.41) is 10.1. The van der Waals surface area contributed by atoms with Gasteiger partial charge in [-0.3, -0.25) is 14.9 Å². The number of carbonyl (C=O) groups excluding carboxylic acids is 1. The number of nitrogens with one attached hydrogen (secondary N) is 4. The molecule has 142 valence electrons. The minimum Gasteiger partial charge on any atom is -0.349 e. The van der Waals surface area contributed by atoms with E-state index in [1.807, 2.05) is 0 Å². The molecular weight excluding hydrogens is 328 g/mol. The fraction of sp³-hybridized carbons (Fsp3) is 0.650. The fourth-order valence-electron chi connectivity index (χ4n) is 4.42. The van der Waals surface area contributed by atoms with Crippen LogP contribution in [0.25, 0.3) is 0 Å². The van der Waals surface area contributed by atoms with Gasteiger partial charge < -0.3 is 10.6 Å². The monoisotopic (exact) mass is 358 g/mol. The second-order valence-electron chi connectivity index (χ2n) is 7.87. The average Bonchev–Trinajstić information content (AvgIpc) is 3.29. The van der Waals surface area contributed by atoms with E-state index in [-0.39, 0.29) is 30.3 Å². The van der Waals surface area contributed by atoms with Crippen LogP contribution in [-0.2, 0) is 16.1 Å². The lowest BCUT2D eigenvalue weighted by Crippen LogP contribution is -2.44. The molecule has 5 atom stereocenters. The Kier molecular flexibility index (Phi) is 5.27. The van der Waals surface area contributed by atoms with E-state index < -0.39 is 0 Å². The Labute approximate surface area is 155 Å². The third-order valence-corrected chi connectivity index (χ3v) is 6.07. The maximum Gasteiger partial charge on any atom is 0.223 e. The van der Waals surface area contributed by atoms with Crippen molar-refractivity contribution in [3.63, 3.8) is 0 Å². The molecule has 2 saturated heterocycles. The maximum absolute atomic E-state index is 12.7.